The minimum absolute atomic E-state index is 0.0307. The van der Waals surface area contributed by atoms with Crippen molar-refractivity contribution in [3.63, 3.8) is 0 Å². The maximum Gasteiger partial charge on any atom is 0.473 e. The van der Waals surface area contributed by atoms with Crippen molar-refractivity contribution in [2.75, 3.05) is 6.61 Å². The molecule has 0 aromatic heterocycles. The van der Waals surface area contributed by atoms with Crippen molar-refractivity contribution in [2.45, 2.75) is 93.7 Å². The zero-order chi connectivity index (χ0) is 23.7. The Morgan fingerprint density at radius 3 is 1.78 bits per heavy atom. The summed E-state index contributed by atoms with van der Waals surface area (Å²) in [5.41, 5.74) is -1.31. The largest absolute Gasteiger partial charge is 0.473 e. The van der Waals surface area contributed by atoms with Crippen LogP contribution in [0.5, 0.6) is 0 Å². The van der Waals surface area contributed by atoms with E-state index in [1.807, 2.05) is 0 Å². The highest BCUT2D eigenvalue weighted by molar-refractivity contribution is 5.73. The standard InChI is InChI=1S/C20H24F6O6/c1-16-7-10(3-5-12(16)30-16)14(27)29-9-18(21,22)19(23,24)20(25,26)32-15(28)11-4-6-13-17(2,8-11)31-13/h10-13H,3-9H2,1-2H3. The number of carbonyl (C=O) groups is 2. The van der Waals surface area contributed by atoms with Crippen LogP contribution in [0, 0.1) is 11.8 Å². The van der Waals surface area contributed by atoms with Crippen molar-refractivity contribution in [1.29, 1.82) is 0 Å². The van der Waals surface area contributed by atoms with Crippen LogP contribution >= 0.6 is 0 Å². The Hall–Kier alpha value is -1.56. The summed E-state index contributed by atoms with van der Waals surface area (Å²) < 4.78 is 103. The minimum Gasteiger partial charge on any atom is -0.459 e. The fourth-order valence-electron chi connectivity index (χ4n) is 4.82. The predicted molar refractivity (Wildman–Crippen MR) is 93.1 cm³/mol. The molecule has 0 N–H and O–H groups in total. The van der Waals surface area contributed by atoms with Gasteiger partial charge in [-0.25, -0.2) is 0 Å². The van der Waals surface area contributed by atoms with Crippen molar-refractivity contribution in [1.82, 2.24) is 0 Å². The number of alkyl halides is 6. The fourth-order valence-corrected chi connectivity index (χ4v) is 4.82. The van der Waals surface area contributed by atoms with Crippen LogP contribution < -0.4 is 0 Å². The maximum absolute atomic E-state index is 14.1. The molecule has 0 radical (unpaired) electrons. The van der Waals surface area contributed by atoms with Gasteiger partial charge in [0.1, 0.15) is 0 Å². The first-order chi connectivity index (χ1) is 14.6. The smallest absolute Gasteiger partial charge is 0.459 e. The van der Waals surface area contributed by atoms with Gasteiger partial charge in [-0.05, 0) is 52.4 Å². The number of halogens is 6. The first kappa shape index (κ1) is 23.6. The number of ether oxygens (including phenoxy) is 4. The van der Waals surface area contributed by atoms with Gasteiger partial charge in [0.2, 0.25) is 0 Å². The molecule has 6 atom stereocenters. The summed E-state index contributed by atoms with van der Waals surface area (Å²) in [6.07, 6.45) is -4.74. The van der Waals surface area contributed by atoms with Crippen LogP contribution in [0.25, 0.3) is 0 Å². The van der Waals surface area contributed by atoms with Crippen LogP contribution in [-0.4, -0.2) is 59.9 Å². The first-order valence-electron chi connectivity index (χ1n) is 10.5. The molecule has 0 spiro atoms. The van der Waals surface area contributed by atoms with Gasteiger partial charge < -0.3 is 18.9 Å². The molecule has 4 fully saturated rings. The molecule has 6 nitrogen and oxygen atoms in total. The lowest BCUT2D eigenvalue weighted by atomic mass is 9.82. The third-order valence-corrected chi connectivity index (χ3v) is 7.04. The van der Waals surface area contributed by atoms with Crippen LogP contribution in [0.3, 0.4) is 0 Å². The molecular weight excluding hydrogens is 450 g/mol. The highest BCUT2D eigenvalue weighted by atomic mass is 19.3. The molecule has 0 aromatic carbocycles. The lowest BCUT2D eigenvalue weighted by Crippen LogP contribution is -2.58. The molecule has 12 heteroatoms. The summed E-state index contributed by atoms with van der Waals surface area (Å²) in [5, 5.41) is 0. The average molecular weight is 474 g/mol. The molecule has 0 aromatic rings. The third-order valence-electron chi connectivity index (χ3n) is 7.04. The summed E-state index contributed by atoms with van der Waals surface area (Å²) in [6, 6.07) is 0. The van der Waals surface area contributed by atoms with Crippen molar-refractivity contribution in [3.05, 3.63) is 0 Å². The molecule has 2 saturated heterocycles. The zero-order valence-corrected chi connectivity index (χ0v) is 17.5. The van der Waals surface area contributed by atoms with Crippen LogP contribution in [-0.2, 0) is 28.5 Å². The zero-order valence-electron chi connectivity index (χ0n) is 17.5. The molecule has 0 amide bonds. The number of fused-ring (bicyclic) bond motifs is 2. The molecule has 4 aliphatic rings. The molecule has 2 aliphatic heterocycles. The number of rotatable bonds is 7. The summed E-state index contributed by atoms with van der Waals surface area (Å²) in [4.78, 5) is 24.0. The normalized spacial score (nSPS) is 38.9. The van der Waals surface area contributed by atoms with E-state index in [-0.39, 0.29) is 37.9 Å². The van der Waals surface area contributed by atoms with Gasteiger partial charge in [0.05, 0.1) is 35.2 Å². The van der Waals surface area contributed by atoms with Crippen LogP contribution in [0.15, 0.2) is 0 Å². The lowest BCUT2D eigenvalue weighted by molar-refractivity contribution is -0.389. The van der Waals surface area contributed by atoms with Gasteiger partial charge in [-0.3, -0.25) is 9.59 Å². The van der Waals surface area contributed by atoms with E-state index in [1.165, 1.54) is 0 Å². The Labute approximate surface area is 179 Å². The fraction of sp³-hybridized carbons (Fsp3) is 0.900. The van der Waals surface area contributed by atoms with Crippen molar-refractivity contribution in [3.8, 4) is 0 Å². The number of hydrogen-bond acceptors (Lipinski definition) is 6. The third kappa shape index (κ3) is 3.97. The summed E-state index contributed by atoms with van der Waals surface area (Å²) >= 11 is 0. The summed E-state index contributed by atoms with van der Waals surface area (Å²) in [7, 11) is 0. The number of carbonyl (C=O) groups excluding carboxylic acids is 2. The van der Waals surface area contributed by atoms with E-state index in [2.05, 4.69) is 9.47 Å². The number of esters is 2. The highest BCUT2D eigenvalue weighted by Crippen LogP contribution is 2.52. The van der Waals surface area contributed by atoms with Gasteiger partial charge >= 0.3 is 29.9 Å². The van der Waals surface area contributed by atoms with Gasteiger partial charge in [0, 0.05) is 0 Å². The van der Waals surface area contributed by atoms with Crippen LogP contribution in [0.4, 0.5) is 26.3 Å². The van der Waals surface area contributed by atoms with Gasteiger partial charge in [-0.2, -0.15) is 26.3 Å². The minimum atomic E-state index is -6.10. The predicted octanol–water partition coefficient (Wildman–Crippen LogP) is 3.85. The second kappa shape index (κ2) is 7.22. The number of epoxide rings is 2. The maximum atomic E-state index is 14.1. The topological polar surface area (TPSA) is 77.7 Å². The van der Waals surface area contributed by atoms with Crippen molar-refractivity contribution < 1.29 is 54.9 Å². The molecule has 0 bridgehead atoms. The van der Waals surface area contributed by atoms with Gasteiger partial charge in [0.15, 0.2) is 6.61 Å². The Balaban J connectivity index is 1.34. The van der Waals surface area contributed by atoms with E-state index in [1.54, 1.807) is 13.8 Å². The molecule has 6 unspecified atom stereocenters. The molecule has 4 rings (SSSR count). The molecule has 2 aliphatic carbocycles. The molecular formula is C20H24F6O6. The van der Waals surface area contributed by atoms with Crippen molar-refractivity contribution >= 4 is 11.9 Å². The van der Waals surface area contributed by atoms with E-state index in [4.69, 9.17) is 9.47 Å². The van der Waals surface area contributed by atoms with Gasteiger partial charge in [-0.1, -0.05) is 0 Å². The van der Waals surface area contributed by atoms with Crippen LogP contribution in [0.1, 0.15) is 52.4 Å². The summed E-state index contributed by atoms with van der Waals surface area (Å²) in [6.45, 7) is 1.08. The molecule has 2 saturated carbocycles. The van der Waals surface area contributed by atoms with E-state index in [0.717, 1.165) is 0 Å². The SMILES string of the molecule is CC12CC(C(=O)OCC(F)(F)C(F)(F)C(F)(F)OC(=O)C3CCC4OC4(C)C3)CCC1O2. The number of hydrogen-bond donors (Lipinski definition) is 0. The van der Waals surface area contributed by atoms with Gasteiger partial charge in [0.25, 0.3) is 0 Å². The second-order valence-electron chi connectivity index (χ2n) is 9.62. The Kier molecular flexibility index (Phi) is 5.32. The quantitative estimate of drug-likeness (QED) is 0.317. The van der Waals surface area contributed by atoms with E-state index < -0.39 is 59.5 Å². The lowest BCUT2D eigenvalue weighted by Gasteiger charge is -2.33. The van der Waals surface area contributed by atoms with Gasteiger partial charge in [-0.15, -0.1) is 0 Å². The Morgan fingerprint density at radius 2 is 1.31 bits per heavy atom. The average Bonchev–Trinajstić information content (AvgIpc) is 3.56. The highest BCUT2D eigenvalue weighted by Gasteiger charge is 2.75. The van der Waals surface area contributed by atoms with E-state index in [9.17, 15) is 35.9 Å². The van der Waals surface area contributed by atoms with Crippen molar-refractivity contribution in [2.24, 2.45) is 11.8 Å². The Bertz CT molecular complexity index is 805. The monoisotopic (exact) mass is 474 g/mol. The van der Waals surface area contributed by atoms with E-state index in [0.29, 0.717) is 12.8 Å². The van der Waals surface area contributed by atoms with E-state index >= 15 is 0 Å². The van der Waals surface area contributed by atoms with Crippen LogP contribution in [0.2, 0.25) is 0 Å². The molecule has 32 heavy (non-hydrogen) atoms. The summed E-state index contributed by atoms with van der Waals surface area (Å²) in [5.74, 6) is -16.5. The second-order valence-corrected chi connectivity index (χ2v) is 9.62. The Morgan fingerprint density at radius 1 is 0.844 bits per heavy atom. The molecule has 2 heterocycles. The first-order valence-corrected chi connectivity index (χ1v) is 10.5. The molecule has 182 valence electrons.